The van der Waals surface area contributed by atoms with Crippen molar-refractivity contribution in [2.24, 2.45) is 5.92 Å². The van der Waals surface area contributed by atoms with Gasteiger partial charge in [-0.25, -0.2) is 0 Å². The summed E-state index contributed by atoms with van der Waals surface area (Å²) in [7, 11) is 0. The normalized spacial score (nSPS) is 15.1. The summed E-state index contributed by atoms with van der Waals surface area (Å²) in [5.74, 6) is 0.163. The highest BCUT2D eigenvalue weighted by atomic mass is 79.9. The molecule has 0 unspecified atom stereocenters. The molecule has 0 aliphatic heterocycles. The van der Waals surface area contributed by atoms with Crippen LogP contribution in [0.1, 0.15) is 32.1 Å². The number of carbonyl (C=O) groups excluding carboxylic acids is 2. The van der Waals surface area contributed by atoms with E-state index < -0.39 is 0 Å². The molecule has 108 valence electrons. The Hall–Kier alpha value is -1.36. The molecule has 0 atom stereocenters. The molecule has 1 saturated carbocycles. The lowest BCUT2D eigenvalue weighted by Gasteiger charge is -2.10. The third-order valence-corrected chi connectivity index (χ3v) is 3.98. The van der Waals surface area contributed by atoms with Gasteiger partial charge in [0.1, 0.15) is 0 Å². The van der Waals surface area contributed by atoms with Crippen LogP contribution in [0.5, 0.6) is 0 Å². The maximum absolute atomic E-state index is 11.8. The van der Waals surface area contributed by atoms with E-state index in [4.69, 9.17) is 0 Å². The Bertz CT molecular complexity index is 485. The minimum absolute atomic E-state index is 0.0881. The Morgan fingerprint density at radius 2 is 2.00 bits per heavy atom. The van der Waals surface area contributed by atoms with Gasteiger partial charge in [-0.1, -0.05) is 34.8 Å². The summed E-state index contributed by atoms with van der Waals surface area (Å²) in [4.78, 5) is 23.5. The van der Waals surface area contributed by atoms with Crippen LogP contribution in [0.4, 0.5) is 5.69 Å². The second-order valence-electron chi connectivity index (χ2n) is 5.08. The van der Waals surface area contributed by atoms with Gasteiger partial charge in [0.25, 0.3) is 0 Å². The van der Waals surface area contributed by atoms with Crippen molar-refractivity contribution in [3.63, 3.8) is 0 Å². The van der Waals surface area contributed by atoms with Crippen molar-refractivity contribution in [3.8, 4) is 0 Å². The fraction of sp³-hybridized carbons (Fsp3) is 0.467. The van der Waals surface area contributed by atoms with Crippen LogP contribution in [0.25, 0.3) is 0 Å². The highest BCUT2D eigenvalue weighted by Crippen LogP contribution is 2.24. The average Bonchev–Trinajstić information content (AvgIpc) is 2.92. The maximum Gasteiger partial charge on any atom is 0.226 e. The molecule has 0 bridgehead atoms. The van der Waals surface area contributed by atoms with Crippen LogP contribution in [-0.2, 0) is 9.59 Å². The Balaban J connectivity index is 1.68. The van der Waals surface area contributed by atoms with Crippen LogP contribution in [0.3, 0.4) is 0 Å². The van der Waals surface area contributed by atoms with Gasteiger partial charge in [0.2, 0.25) is 11.8 Å². The topological polar surface area (TPSA) is 58.2 Å². The van der Waals surface area contributed by atoms with Gasteiger partial charge in [-0.15, -0.1) is 0 Å². The monoisotopic (exact) mass is 338 g/mol. The fourth-order valence-corrected chi connectivity index (χ4v) is 2.82. The van der Waals surface area contributed by atoms with Gasteiger partial charge in [-0.05, 0) is 31.0 Å². The highest BCUT2D eigenvalue weighted by molar-refractivity contribution is 9.10. The zero-order chi connectivity index (χ0) is 14.4. The van der Waals surface area contributed by atoms with Crippen LogP contribution in [0.15, 0.2) is 28.7 Å². The minimum Gasteiger partial charge on any atom is -0.355 e. The van der Waals surface area contributed by atoms with Crippen molar-refractivity contribution < 1.29 is 9.59 Å². The summed E-state index contributed by atoms with van der Waals surface area (Å²) >= 11 is 3.35. The van der Waals surface area contributed by atoms with E-state index in [-0.39, 0.29) is 17.7 Å². The lowest BCUT2D eigenvalue weighted by atomic mass is 10.1. The minimum atomic E-state index is -0.0881. The molecule has 1 aliphatic rings. The molecular formula is C15H19BrN2O2. The molecule has 5 heteroatoms. The molecular weight excluding hydrogens is 320 g/mol. The van der Waals surface area contributed by atoms with Gasteiger partial charge in [0, 0.05) is 29.0 Å². The summed E-state index contributed by atoms with van der Waals surface area (Å²) < 4.78 is 0.921. The summed E-state index contributed by atoms with van der Waals surface area (Å²) in [6.07, 6.45) is 4.54. The Morgan fingerprint density at radius 3 is 2.70 bits per heavy atom. The number of benzene rings is 1. The molecule has 1 aromatic carbocycles. The van der Waals surface area contributed by atoms with Crippen molar-refractivity contribution >= 4 is 33.4 Å². The standard InChI is InChI=1S/C15H19BrN2O2/c16-12-6-3-7-13(10-12)18-14(19)8-9-17-15(20)11-4-1-2-5-11/h3,6-7,10-11H,1-2,4-5,8-9H2,(H,17,20)(H,18,19). The first-order valence-corrected chi connectivity index (χ1v) is 7.77. The molecule has 20 heavy (non-hydrogen) atoms. The van der Waals surface area contributed by atoms with Crippen LogP contribution >= 0.6 is 15.9 Å². The lowest BCUT2D eigenvalue weighted by molar-refractivity contribution is -0.124. The van der Waals surface area contributed by atoms with Gasteiger partial charge in [0.05, 0.1) is 0 Å². The first-order valence-electron chi connectivity index (χ1n) is 6.98. The average molecular weight is 339 g/mol. The summed E-state index contributed by atoms with van der Waals surface area (Å²) in [5.41, 5.74) is 0.756. The number of hydrogen-bond acceptors (Lipinski definition) is 2. The third-order valence-electron chi connectivity index (χ3n) is 3.49. The molecule has 0 radical (unpaired) electrons. The van der Waals surface area contributed by atoms with Gasteiger partial charge >= 0.3 is 0 Å². The molecule has 2 N–H and O–H groups in total. The molecule has 4 nitrogen and oxygen atoms in total. The zero-order valence-corrected chi connectivity index (χ0v) is 12.9. The molecule has 1 fully saturated rings. The maximum atomic E-state index is 11.8. The van der Waals surface area contributed by atoms with Gasteiger partial charge in [-0.3, -0.25) is 9.59 Å². The number of hydrogen-bond donors (Lipinski definition) is 2. The van der Waals surface area contributed by atoms with Crippen LogP contribution in [0, 0.1) is 5.92 Å². The first kappa shape index (κ1) is 15.0. The predicted octanol–water partition coefficient (Wildman–Crippen LogP) is 3.08. The van der Waals surface area contributed by atoms with E-state index in [1.165, 1.54) is 0 Å². The molecule has 1 aliphatic carbocycles. The van der Waals surface area contributed by atoms with Gasteiger partial charge in [-0.2, -0.15) is 0 Å². The van der Waals surface area contributed by atoms with E-state index in [9.17, 15) is 9.59 Å². The third kappa shape index (κ3) is 4.63. The predicted molar refractivity (Wildman–Crippen MR) is 82.4 cm³/mol. The van der Waals surface area contributed by atoms with E-state index in [2.05, 4.69) is 26.6 Å². The molecule has 0 saturated heterocycles. The number of carbonyl (C=O) groups is 2. The molecule has 2 amide bonds. The summed E-state index contributed by atoms with van der Waals surface area (Å²) in [6, 6.07) is 7.44. The van der Waals surface area contributed by atoms with Crippen molar-refractivity contribution in [1.82, 2.24) is 5.32 Å². The van der Waals surface area contributed by atoms with E-state index in [1.807, 2.05) is 24.3 Å². The summed E-state index contributed by atoms with van der Waals surface area (Å²) in [6.45, 7) is 0.398. The molecule has 2 rings (SSSR count). The van der Waals surface area contributed by atoms with Crippen molar-refractivity contribution in [2.75, 3.05) is 11.9 Å². The summed E-state index contributed by atoms with van der Waals surface area (Å²) in [5, 5.41) is 5.65. The van der Waals surface area contributed by atoms with E-state index in [0.29, 0.717) is 13.0 Å². The van der Waals surface area contributed by atoms with E-state index >= 15 is 0 Å². The second kappa shape index (κ2) is 7.43. The number of anilines is 1. The lowest BCUT2D eigenvalue weighted by Crippen LogP contribution is -2.32. The van der Waals surface area contributed by atoms with E-state index in [1.54, 1.807) is 0 Å². The Kier molecular flexibility index (Phi) is 5.59. The van der Waals surface area contributed by atoms with Crippen LogP contribution in [0.2, 0.25) is 0 Å². The molecule has 0 heterocycles. The SMILES string of the molecule is O=C(CCNC(=O)C1CCCC1)Nc1cccc(Br)c1. The fourth-order valence-electron chi connectivity index (χ4n) is 2.42. The molecule has 0 aromatic heterocycles. The molecule has 1 aromatic rings. The number of rotatable bonds is 5. The largest absolute Gasteiger partial charge is 0.355 e. The van der Waals surface area contributed by atoms with Gasteiger partial charge < -0.3 is 10.6 Å². The van der Waals surface area contributed by atoms with Crippen molar-refractivity contribution in [3.05, 3.63) is 28.7 Å². The first-order chi connectivity index (χ1) is 9.65. The van der Waals surface area contributed by atoms with Crippen LogP contribution < -0.4 is 10.6 Å². The Morgan fingerprint density at radius 1 is 1.25 bits per heavy atom. The second-order valence-corrected chi connectivity index (χ2v) is 6.00. The van der Waals surface area contributed by atoms with Crippen molar-refractivity contribution in [2.45, 2.75) is 32.1 Å². The molecule has 0 spiro atoms. The van der Waals surface area contributed by atoms with E-state index in [0.717, 1.165) is 35.8 Å². The highest BCUT2D eigenvalue weighted by Gasteiger charge is 2.22. The smallest absolute Gasteiger partial charge is 0.226 e. The zero-order valence-electron chi connectivity index (χ0n) is 11.3. The van der Waals surface area contributed by atoms with Gasteiger partial charge in [0.15, 0.2) is 0 Å². The number of nitrogens with one attached hydrogen (secondary N) is 2. The number of halogens is 1. The van der Waals surface area contributed by atoms with Crippen LogP contribution in [-0.4, -0.2) is 18.4 Å². The van der Waals surface area contributed by atoms with Crippen molar-refractivity contribution in [1.29, 1.82) is 0 Å². The quantitative estimate of drug-likeness (QED) is 0.866. The Labute approximate surface area is 127 Å². The number of amides is 2.